The molecule has 0 aromatic heterocycles. The summed E-state index contributed by atoms with van der Waals surface area (Å²) in [6.45, 7) is 4.18. The van der Waals surface area contributed by atoms with E-state index in [-0.39, 0.29) is 6.23 Å². The topological polar surface area (TPSA) is 38.5 Å². The number of anilines is 1. The smallest absolute Gasteiger partial charge is 0.144 e. The van der Waals surface area contributed by atoms with E-state index < -0.39 is 0 Å². The molecule has 1 aromatic carbocycles. The van der Waals surface area contributed by atoms with E-state index >= 15 is 0 Å². The largest absolute Gasteiger partial charge is 0.476 e. The van der Waals surface area contributed by atoms with Gasteiger partial charge >= 0.3 is 0 Å². The van der Waals surface area contributed by atoms with Crippen LogP contribution in [0.15, 0.2) is 24.3 Å². The molecule has 1 aliphatic rings. The van der Waals surface area contributed by atoms with Crippen LogP contribution in [0, 0.1) is 0 Å². The number of nitrogens with zero attached hydrogens (tertiary/aromatic N) is 1. The van der Waals surface area contributed by atoms with E-state index in [4.69, 9.17) is 10.5 Å². The number of rotatable bonds is 3. The average molecular weight is 220 g/mol. The maximum Gasteiger partial charge on any atom is 0.144 e. The Morgan fingerprint density at radius 1 is 1.12 bits per heavy atom. The molecule has 0 bridgehead atoms. The predicted molar refractivity (Wildman–Crippen MR) is 66.8 cm³/mol. The van der Waals surface area contributed by atoms with Crippen molar-refractivity contribution < 1.29 is 4.74 Å². The van der Waals surface area contributed by atoms with Crippen molar-refractivity contribution in [1.82, 2.24) is 0 Å². The summed E-state index contributed by atoms with van der Waals surface area (Å²) in [4.78, 5) is 2.43. The van der Waals surface area contributed by atoms with Gasteiger partial charge in [-0.3, -0.25) is 5.73 Å². The maximum atomic E-state index is 5.57. The van der Waals surface area contributed by atoms with Gasteiger partial charge in [-0.15, -0.1) is 0 Å². The molecule has 0 radical (unpaired) electrons. The first kappa shape index (κ1) is 11.3. The van der Waals surface area contributed by atoms with Gasteiger partial charge in [-0.25, -0.2) is 0 Å². The first-order valence-corrected chi connectivity index (χ1v) is 6.03. The van der Waals surface area contributed by atoms with Crippen LogP contribution in [0.25, 0.3) is 0 Å². The number of nitrogens with two attached hydrogens (primary N) is 1. The molecule has 16 heavy (non-hydrogen) atoms. The van der Waals surface area contributed by atoms with Crippen molar-refractivity contribution in [2.45, 2.75) is 32.4 Å². The fourth-order valence-corrected chi connectivity index (χ4v) is 2.10. The molecule has 2 rings (SSSR count). The third kappa shape index (κ3) is 2.89. The van der Waals surface area contributed by atoms with Crippen molar-refractivity contribution in [1.29, 1.82) is 0 Å². The van der Waals surface area contributed by atoms with Gasteiger partial charge < -0.3 is 9.64 Å². The van der Waals surface area contributed by atoms with Crippen LogP contribution in [0.5, 0.6) is 5.75 Å². The number of ether oxygens (including phenoxy) is 1. The predicted octanol–water partition coefficient (Wildman–Crippen LogP) is 2.36. The van der Waals surface area contributed by atoms with E-state index in [2.05, 4.69) is 17.0 Å². The Labute approximate surface area is 97.2 Å². The summed E-state index contributed by atoms with van der Waals surface area (Å²) in [6.07, 6.45) is 3.72. The van der Waals surface area contributed by atoms with Crippen LogP contribution in [0.4, 0.5) is 5.69 Å². The first-order valence-electron chi connectivity index (χ1n) is 6.03. The number of hydrogen-bond acceptors (Lipinski definition) is 3. The lowest BCUT2D eigenvalue weighted by Gasteiger charge is -2.28. The van der Waals surface area contributed by atoms with Crippen LogP contribution in [0.3, 0.4) is 0 Å². The average Bonchev–Trinajstić information content (AvgIpc) is 2.30. The zero-order chi connectivity index (χ0) is 11.4. The van der Waals surface area contributed by atoms with Crippen LogP contribution in [0.2, 0.25) is 0 Å². The van der Waals surface area contributed by atoms with Gasteiger partial charge in [-0.2, -0.15) is 0 Å². The molecule has 0 saturated carbocycles. The summed E-state index contributed by atoms with van der Waals surface area (Å²) in [7, 11) is 0. The quantitative estimate of drug-likeness (QED) is 0.795. The van der Waals surface area contributed by atoms with E-state index in [1.165, 1.54) is 38.0 Å². The Morgan fingerprint density at radius 2 is 1.75 bits per heavy atom. The summed E-state index contributed by atoms with van der Waals surface area (Å²) < 4.78 is 5.42. The minimum Gasteiger partial charge on any atom is -0.476 e. The number of piperidine rings is 1. The lowest BCUT2D eigenvalue weighted by molar-refractivity contribution is 0.230. The fourth-order valence-electron chi connectivity index (χ4n) is 2.10. The second-order valence-corrected chi connectivity index (χ2v) is 4.36. The molecule has 0 spiro atoms. The molecule has 1 unspecified atom stereocenters. The van der Waals surface area contributed by atoms with Gasteiger partial charge in [0, 0.05) is 18.8 Å². The molecule has 88 valence electrons. The molecular formula is C13H20N2O. The summed E-state index contributed by atoms with van der Waals surface area (Å²) in [6, 6.07) is 8.21. The van der Waals surface area contributed by atoms with E-state index in [9.17, 15) is 0 Å². The summed E-state index contributed by atoms with van der Waals surface area (Å²) in [5, 5.41) is 0. The molecule has 1 fully saturated rings. The lowest BCUT2D eigenvalue weighted by Crippen LogP contribution is -2.29. The van der Waals surface area contributed by atoms with E-state index in [0.29, 0.717) is 0 Å². The van der Waals surface area contributed by atoms with Crippen molar-refractivity contribution in [2.24, 2.45) is 5.73 Å². The minimum absolute atomic E-state index is 0.249. The Morgan fingerprint density at radius 3 is 2.31 bits per heavy atom. The van der Waals surface area contributed by atoms with E-state index in [1.807, 2.05) is 19.1 Å². The molecule has 3 nitrogen and oxygen atoms in total. The molecular weight excluding hydrogens is 200 g/mol. The molecule has 1 saturated heterocycles. The molecule has 0 amide bonds. The van der Waals surface area contributed by atoms with Crippen LogP contribution >= 0.6 is 0 Å². The molecule has 0 aliphatic carbocycles. The Bertz CT molecular complexity index is 315. The highest BCUT2D eigenvalue weighted by Gasteiger charge is 2.10. The molecule has 1 aliphatic heterocycles. The van der Waals surface area contributed by atoms with Gasteiger partial charge in [0.2, 0.25) is 0 Å². The SMILES string of the molecule is CC(N)Oc1ccc(N2CCCCC2)cc1. The summed E-state index contributed by atoms with van der Waals surface area (Å²) in [5.41, 5.74) is 6.86. The first-order chi connectivity index (χ1) is 7.75. The highest BCUT2D eigenvalue weighted by Crippen LogP contribution is 2.22. The second kappa shape index (κ2) is 5.21. The number of hydrogen-bond donors (Lipinski definition) is 1. The van der Waals surface area contributed by atoms with Gasteiger partial charge in [0.1, 0.15) is 12.0 Å². The Balaban J connectivity index is 2.00. The summed E-state index contributed by atoms with van der Waals surface area (Å²) >= 11 is 0. The fraction of sp³-hybridized carbons (Fsp3) is 0.538. The van der Waals surface area contributed by atoms with Crippen molar-refractivity contribution in [2.75, 3.05) is 18.0 Å². The van der Waals surface area contributed by atoms with Gasteiger partial charge in [0.25, 0.3) is 0 Å². The monoisotopic (exact) mass is 220 g/mol. The summed E-state index contributed by atoms with van der Waals surface area (Å²) in [5.74, 6) is 0.843. The van der Waals surface area contributed by atoms with Gasteiger partial charge in [-0.05, 0) is 50.5 Å². The third-order valence-electron chi connectivity index (χ3n) is 2.88. The number of benzene rings is 1. The zero-order valence-electron chi connectivity index (χ0n) is 9.86. The highest BCUT2D eigenvalue weighted by molar-refractivity contribution is 5.49. The van der Waals surface area contributed by atoms with Gasteiger partial charge in [0.05, 0.1) is 0 Å². The Kier molecular flexibility index (Phi) is 3.67. The second-order valence-electron chi connectivity index (χ2n) is 4.36. The molecule has 1 aromatic rings. The van der Waals surface area contributed by atoms with E-state index in [1.54, 1.807) is 0 Å². The zero-order valence-corrected chi connectivity index (χ0v) is 9.86. The van der Waals surface area contributed by atoms with Crippen LogP contribution < -0.4 is 15.4 Å². The van der Waals surface area contributed by atoms with Crippen molar-refractivity contribution >= 4 is 5.69 Å². The molecule has 1 heterocycles. The van der Waals surface area contributed by atoms with Crippen LogP contribution in [0.1, 0.15) is 26.2 Å². The Hall–Kier alpha value is -1.22. The van der Waals surface area contributed by atoms with Crippen molar-refractivity contribution in [3.05, 3.63) is 24.3 Å². The molecule has 2 N–H and O–H groups in total. The minimum atomic E-state index is -0.249. The van der Waals surface area contributed by atoms with Crippen molar-refractivity contribution in [3.63, 3.8) is 0 Å². The van der Waals surface area contributed by atoms with Crippen LogP contribution in [-0.4, -0.2) is 19.3 Å². The van der Waals surface area contributed by atoms with Crippen molar-refractivity contribution in [3.8, 4) is 5.75 Å². The van der Waals surface area contributed by atoms with Gasteiger partial charge in [-0.1, -0.05) is 0 Å². The normalized spacial score (nSPS) is 18.2. The lowest BCUT2D eigenvalue weighted by atomic mass is 10.1. The molecule has 3 heteroatoms. The molecule has 1 atom stereocenters. The van der Waals surface area contributed by atoms with E-state index in [0.717, 1.165) is 5.75 Å². The maximum absolute atomic E-state index is 5.57. The van der Waals surface area contributed by atoms with Crippen LogP contribution in [-0.2, 0) is 0 Å². The third-order valence-corrected chi connectivity index (χ3v) is 2.88. The standard InChI is InChI=1S/C13H20N2O/c1-11(14)16-13-7-5-12(6-8-13)15-9-3-2-4-10-15/h5-8,11H,2-4,9-10,14H2,1H3. The van der Waals surface area contributed by atoms with Gasteiger partial charge in [0.15, 0.2) is 0 Å². The highest BCUT2D eigenvalue weighted by atomic mass is 16.5.